The maximum Gasteiger partial charge on any atom is 0.261 e. The van der Waals surface area contributed by atoms with Crippen molar-refractivity contribution in [2.45, 2.75) is 31.9 Å². The maximum atomic E-state index is 12.1. The Morgan fingerprint density at radius 1 is 1.12 bits per heavy atom. The van der Waals surface area contributed by atoms with Crippen LogP contribution in [-0.4, -0.2) is 31.1 Å². The second kappa shape index (κ2) is 8.78. The summed E-state index contributed by atoms with van der Waals surface area (Å²) >= 11 is 1.42. The van der Waals surface area contributed by atoms with E-state index in [1.165, 1.54) is 11.3 Å². The summed E-state index contributed by atoms with van der Waals surface area (Å²) in [4.78, 5) is 24.7. The summed E-state index contributed by atoms with van der Waals surface area (Å²) in [6.07, 6.45) is 3.35. The first-order valence-corrected chi connectivity index (χ1v) is 9.41. The molecule has 6 heteroatoms. The Bertz CT molecular complexity index is 692. The maximum absolute atomic E-state index is 12.1. The Morgan fingerprint density at radius 2 is 1.96 bits per heavy atom. The van der Waals surface area contributed by atoms with Gasteiger partial charge < -0.3 is 15.4 Å². The second-order valence-electron chi connectivity index (χ2n) is 6.04. The molecule has 132 valence electrons. The normalized spacial score (nSPS) is 16.6. The lowest BCUT2D eigenvalue weighted by molar-refractivity contribution is 0.0905. The minimum absolute atomic E-state index is 0.0767. The first kappa shape index (κ1) is 17.6. The third kappa shape index (κ3) is 5.14. The van der Waals surface area contributed by atoms with Crippen LogP contribution < -0.4 is 10.6 Å². The Balaban J connectivity index is 1.43. The van der Waals surface area contributed by atoms with Gasteiger partial charge in [-0.15, -0.1) is 11.3 Å². The van der Waals surface area contributed by atoms with Crippen LogP contribution in [-0.2, 0) is 11.3 Å². The molecule has 0 saturated carbocycles. The fraction of sp³-hybridized carbons (Fsp3) is 0.368. The van der Waals surface area contributed by atoms with Crippen molar-refractivity contribution in [2.24, 2.45) is 0 Å². The zero-order valence-electron chi connectivity index (χ0n) is 14.0. The molecule has 1 aliphatic rings. The molecule has 0 bridgehead atoms. The predicted octanol–water partition coefficient (Wildman–Crippen LogP) is 2.98. The van der Waals surface area contributed by atoms with E-state index in [1.54, 1.807) is 18.2 Å². The Kier molecular flexibility index (Phi) is 6.19. The van der Waals surface area contributed by atoms with Crippen molar-refractivity contribution in [3.8, 4) is 0 Å². The molecule has 2 heterocycles. The summed E-state index contributed by atoms with van der Waals surface area (Å²) in [5.74, 6) is -0.155. The van der Waals surface area contributed by atoms with Crippen molar-refractivity contribution in [1.29, 1.82) is 0 Å². The van der Waals surface area contributed by atoms with Crippen molar-refractivity contribution in [1.82, 2.24) is 10.6 Å². The van der Waals surface area contributed by atoms with Crippen molar-refractivity contribution >= 4 is 23.2 Å². The van der Waals surface area contributed by atoms with Gasteiger partial charge in [0.25, 0.3) is 11.8 Å². The Morgan fingerprint density at radius 3 is 2.64 bits per heavy atom. The van der Waals surface area contributed by atoms with Crippen molar-refractivity contribution < 1.29 is 14.3 Å². The SMILES string of the molecule is O=C(NCCC1CCCO1)c1ccc(CNC(=O)c2cccs2)cc1. The summed E-state index contributed by atoms with van der Waals surface area (Å²) in [6.45, 7) is 1.91. The van der Waals surface area contributed by atoms with Gasteiger partial charge in [-0.25, -0.2) is 0 Å². The van der Waals surface area contributed by atoms with Gasteiger partial charge in [0.15, 0.2) is 0 Å². The molecule has 0 aliphatic carbocycles. The molecule has 0 spiro atoms. The lowest BCUT2D eigenvalue weighted by atomic mass is 10.1. The molecule has 1 atom stereocenters. The highest BCUT2D eigenvalue weighted by Gasteiger charge is 2.15. The number of nitrogens with one attached hydrogen (secondary N) is 2. The number of amides is 2. The van der Waals surface area contributed by atoms with Gasteiger partial charge in [-0.3, -0.25) is 9.59 Å². The summed E-state index contributed by atoms with van der Waals surface area (Å²) in [7, 11) is 0. The summed E-state index contributed by atoms with van der Waals surface area (Å²) in [6, 6.07) is 10.9. The second-order valence-corrected chi connectivity index (χ2v) is 6.98. The van der Waals surface area contributed by atoms with Crippen molar-refractivity contribution in [2.75, 3.05) is 13.2 Å². The van der Waals surface area contributed by atoms with Crippen LogP contribution in [0.3, 0.4) is 0 Å². The van der Waals surface area contributed by atoms with Gasteiger partial charge in [-0.05, 0) is 48.4 Å². The van der Waals surface area contributed by atoms with E-state index in [-0.39, 0.29) is 17.9 Å². The molecular weight excluding hydrogens is 336 g/mol. The van der Waals surface area contributed by atoms with Crippen LogP contribution in [0.15, 0.2) is 41.8 Å². The molecule has 1 aromatic carbocycles. The molecule has 1 aliphatic heterocycles. The zero-order valence-corrected chi connectivity index (χ0v) is 14.8. The quantitative estimate of drug-likeness (QED) is 0.800. The molecule has 2 N–H and O–H groups in total. The van der Waals surface area contributed by atoms with Crippen molar-refractivity contribution in [3.63, 3.8) is 0 Å². The minimum Gasteiger partial charge on any atom is -0.378 e. The van der Waals surface area contributed by atoms with Crippen LogP contribution in [0.1, 0.15) is 44.9 Å². The highest BCUT2D eigenvalue weighted by molar-refractivity contribution is 7.12. The van der Waals surface area contributed by atoms with Crippen LogP contribution in [0, 0.1) is 0 Å². The molecule has 25 heavy (non-hydrogen) atoms. The van der Waals surface area contributed by atoms with Gasteiger partial charge >= 0.3 is 0 Å². The van der Waals surface area contributed by atoms with E-state index in [2.05, 4.69) is 10.6 Å². The highest BCUT2D eigenvalue weighted by Crippen LogP contribution is 2.14. The summed E-state index contributed by atoms with van der Waals surface area (Å²) in [5.41, 5.74) is 1.58. The highest BCUT2D eigenvalue weighted by atomic mass is 32.1. The standard InChI is InChI=1S/C19H22N2O3S/c22-18(20-10-9-16-3-1-11-24-16)15-7-5-14(6-8-15)13-21-19(23)17-4-2-12-25-17/h2,4-8,12,16H,1,3,9-11,13H2,(H,20,22)(H,21,23). The van der Waals surface area contributed by atoms with Crippen LogP contribution in [0.4, 0.5) is 0 Å². The van der Waals surface area contributed by atoms with E-state index >= 15 is 0 Å². The van der Waals surface area contributed by atoms with Crippen LogP contribution >= 0.6 is 11.3 Å². The number of carbonyl (C=O) groups excluding carboxylic acids is 2. The minimum atomic E-state index is -0.0778. The largest absolute Gasteiger partial charge is 0.378 e. The number of thiophene rings is 1. The zero-order chi connectivity index (χ0) is 17.5. The average Bonchev–Trinajstić information content (AvgIpc) is 3.34. The number of hydrogen-bond donors (Lipinski definition) is 2. The number of rotatable bonds is 7. The van der Waals surface area contributed by atoms with E-state index in [9.17, 15) is 9.59 Å². The summed E-state index contributed by atoms with van der Waals surface area (Å²) < 4.78 is 5.54. The lowest BCUT2D eigenvalue weighted by Crippen LogP contribution is -2.27. The molecule has 1 fully saturated rings. The van der Waals surface area contributed by atoms with E-state index < -0.39 is 0 Å². The Labute approximate surface area is 151 Å². The molecule has 1 aromatic heterocycles. The van der Waals surface area contributed by atoms with Crippen molar-refractivity contribution in [3.05, 3.63) is 57.8 Å². The first-order valence-electron chi connectivity index (χ1n) is 8.53. The van der Waals surface area contributed by atoms with Gasteiger partial charge in [-0.1, -0.05) is 18.2 Å². The Hall–Kier alpha value is -2.18. The molecular formula is C19H22N2O3S. The fourth-order valence-corrected chi connectivity index (χ4v) is 3.41. The van der Waals surface area contributed by atoms with E-state index in [0.717, 1.165) is 31.4 Å². The topological polar surface area (TPSA) is 67.4 Å². The molecule has 1 unspecified atom stereocenters. The molecule has 0 radical (unpaired) electrons. The van der Waals surface area contributed by atoms with Crippen LogP contribution in [0.5, 0.6) is 0 Å². The average molecular weight is 358 g/mol. The third-order valence-electron chi connectivity index (χ3n) is 4.19. The molecule has 5 nitrogen and oxygen atoms in total. The van der Waals surface area contributed by atoms with E-state index in [1.807, 2.05) is 23.6 Å². The van der Waals surface area contributed by atoms with Crippen LogP contribution in [0.2, 0.25) is 0 Å². The molecule has 1 saturated heterocycles. The smallest absolute Gasteiger partial charge is 0.261 e. The van der Waals surface area contributed by atoms with Gasteiger partial charge in [0.2, 0.25) is 0 Å². The number of ether oxygens (including phenoxy) is 1. The monoisotopic (exact) mass is 358 g/mol. The predicted molar refractivity (Wildman–Crippen MR) is 97.9 cm³/mol. The number of carbonyl (C=O) groups is 2. The van der Waals surface area contributed by atoms with Gasteiger partial charge in [0.05, 0.1) is 11.0 Å². The third-order valence-corrected chi connectivity index (χ3v) is 5.06. The van der Waals surface area contributed by atoms with E-state index in [4.69, 9.17) is 4.74 Å². The molecule has 2 aromatic rings. The lowest BCUT2D eigenvalue weighted by Gasteiger charge is -2.10. The fourth-order valence-electron chi connectivity index (χ4n) is 2.77. The van der Waals surface area contributed by atoms with Crippen LogP contribution in [0.25, 0.3) is 0 Å². The number of hydrogen-bond acceptors (Lipinski definition) is 4. The van der Waals surface area contributed by atoms with Gasteiger partial charge in [0, 0.05) is 25.3 Å². The summed E-state index contributed by atoms with van der Waals surface area (Å²) in [5, 5.41) is 7.68. The molecule has 2 amide bonds. The van der Waals surface area contributed by atoms with E-state index in [0.29, 0.717) is 23.5 Å². The molecule has 3 rings (SSSR count). The van der Waals surface area contributed by atoms with Gasteiger partial charge in [-0.2, -0.15) is 0 Å². The number of benzene rings is 1. The first-order chi connectivity index (χ1) is 12.2. The van der Waals surface area contributed by atoms with Gasteiger partial charge in [0.1, 0.15) is 0 Å².